The number of fused-ring (bicyclic) bond motifs is 1. The SMILES string of the molecule is CCOC(=O)/C=C/C(=O)N(CCc1c[nH]c2ccccc12)C[C@H](CC)COS(C)(=O)=O. The van der Waals surface area contributed by atoms with Crippen molar-refractivity contribution in [2.24, 2.45) is 5.92 Å². The zero-order chi connectivity index (χ0) is 22.9. The minimum atomic E-state index is -3.57. The van der Waals surface area contributed by atoms with E-state index < -0.39 is 16.1 Å². The number of para-hydroxylation sites is 1. The maximum atomic E-state index is 12.8. The topological polar surface area (TPSA) is 106 Å². The Balaban J connectivity index is 2.13. The van der Waals surface area contributed by atoms with Crippen LogP contribution in [0, 0.1) is 5.92 Å². The first-order valence-electron chi connectivity index (χ1n) is 10.3. The van der Waals surface area contributed by atoms with Gasteiger partial charge in [-0.15, -0.1) is 0 Å². The fourth-order valence-electron chi connectivity index (χ4n) is 3.15. The van der Waals surface area contributed by atoms with Gasteiger partial charge in [-0.3, -0.25) is 8.98 Å². The van der Waals surface area contributed by atoms with Crippen molar-refractivity contribution in [3.8, 4) is 0 Å². The molecule has 1 amide bonds. The van der Waals surface area contributed by atoms with E-state index in [4.69, 9.17) is 8.92 Å². The van der Waals surface area contributed by atoms with Crippen LogP contribution >= 0.6 is 0 Å². The lowest BCUT2D eigenvalue weighted by Gasteiger charge is -2.26. The van der Waals surface area contributed by atoms with Crippen molar-refractivity contribution in [3.63, 3.8) is 0 Å². The Bertz CT molecular complexity index is 1010. The monoisotopic (exact) mass is 450 g/mol. The van der Waals surface area contributed by atoms with E-state index in [9.17, 15) is 18.0 Å². The van der Waals surface area contributed by atoms with E-state index in [-0.39, 0.29) is 25.0 Å². The zero-order valence-corrected chi connectivity index (χ0v) is 19.0. The number of carbonyl (C=O) groups is 2. The second-order valence-corrected chi connectivity index (χ2v) is 8.89. The quantitative estimate of drug-likeness (QED) is 0.303. The van der Waals surface area contributed by atoms with Crippen molar-refractivity contribution in [2.75, 3.05) is 32.6 Å². The molecule has 170 valence electrons. The van der Waals surface area contributed by atoms with Gasteiger partial charge in [-0.2, -0.15) is 8.42 Å². The summed E-state index contributed by atoms with van der Waals surface area (Å²) in [4.78, 5) is 29.2. The number of amides is 1. The third-order valence-corrected chi connectivity index (χ3v) is 5.42. The average molecular weight is 451 g/mol. The number of nitrogens with zero attached hydrogens (tertiary/aromatic N) is 1. The summed E-state index contributed by atoms with van der Waals surface area (Å²) in [7, 11) is -3.57. The summed E-state index contributed by atoms with van der Waals surface area (Å²) in [5, 5.41) is 1.09. The molecule has 0 aliphatic heterocycles. The van der Waals surface area contributed by atoms with Crippen LogP contribution in [0.2, 0.25) is 0 Å². The number of carbonyl (C=O) groups excluding carboxylic acids is 2. The number of ether oxygens (including phenoxy) is 1. The Hall–Kier alpha value is -2.65. The lowest BCUT2D eigenvalue weighted by Crippen LogP contribution is -2.37. The van der Waals surface area contributed by atoms with E-state index in [0.717, 1.165) is 28.8 Å². The van der Waals surface area contributed by atoms with E-state index in [2.05, 4.69) is 4.98 Å². The van der Waals surface area contributed by atoms with Gasteiger partial charge in [0.1, 0.15) is 0 Å². The van der Waals surface area contributed by atoms with Crippen LogP contribution in [0.25, 0.3) is 10.9 Å². The van der Waals surface area contributed by atoms with E-state index in [1.807, 2.05) is 37.4 Å². The lowest BCUT2D eigenvalue weighted by atomic mass is 10.1. The number of aromatic amines is 1. The molecular formula is C22H30N2O6S. The molecule has 31 heavy (non-hydrogen) atoms. The van der Waals surface area contributed by atoms with Gasteiger partial charge in [-0.1, -0.05) is 25.1 Å². The molecule has 9 heteroatoms. The van der Waals surface area contributed by atoms with Crippen LogP contribution in [0.15, 0.2) is 42.6 Å². The van der Waals surface area contributed by atoms with Gasteiger partial charge in [0.2, 0.25) is 5.91 Å². The molecule has 8 nitrogen and oxygen atoms in total. The number of hydrogen-bond acceptors (Lipinski definition) is 6. The molecule has 0 spiro atoms. The Morgan fingerprint density at radius 2 is 1.94 bits per heavy atom. The number of H-pyrrole nitrogens is 1. The molecule has 0 unspecified atom stereocenters. The highest BCUT2D eigenvalue weighted by atomic mass is 32.2. The molecule has 0 aliphatic carbocycles. The number of benzene rings is 1. The summed E-state index contributed by atoms with van der Waals surface area (Å²) in [5.41, 5.74) is 2.09. The van der Waals surface area contributed by atoms with Crippen LogP contribution in [0.4, 0.5) is 0 Å². The molecule has 1 N–H and O–H groups in total. The summed E-state index contributed by atoms with van der Waals surface area (Å²) in [6.07, 6.45) is 6.46. The number of esters is 1. The fourth-order valence-corrected chi connectivity index (χ4v) is 3.59. The average Bonchev–Trinajstić information content (AvgIpc) is 3.14. The standard InChI is InChI=1S/C22H30N2O6S/c1-4-17(16-30-31(3,27)28)15-24(21(25)10-11-22(26)29-5-2)13-12-18-14-23-20-9-7-6-8-19(18)20/h6-11,14,17,23H,4-5,12-13,15-16H2,1-3H3/b11-10+/t17-/m0/s1. The summed E-state index contributed by atoms with van der Waals surface area (Å²) in [6, 6.07) is 7.91. The first-order chi connectivity index (χ1) is 14.7. The van der Waals surface area contributed by atoms with Gasteiger partial charge >= 0.3 is 5.97 Å². The molecule has 0 bridgehead atoms. The third kappa shape index (κ3) is 8.18. The predicted octanol–water partition coefficient (Wildman–Crippen LogP) is 2.66. The Morgan fingerprint density at radius 1 is 1.19 bits per heavy atom. The second kappa shape index (κ2) is 11.7. The molecule has 0 aliphatic rings. The van der Waals surface area contributed by atoms with Gasteiger partial charge in [0, 0.05) is 48.3 Å². The summed E-state index contributed by atoms with van der Waals surface area (Å²) in [6.45, 7) is 4.53. The van der Waals surface area contributed by atoms with E-state index in [0.29, 0.717) is 25.9 Å². The number of rotatable bonds is 12. The van der Waals surface area contributed by atoms with Crippen LogP contribution < -0.4 is 0 Å². The molecule has 0 saturated heterocycles. The minimum absolute atomic E-state index is 0.00616. The maximum Gasteiger partial charge on any atom is 0.330 e. The molecule has 2 aromatic rings. The summed E-state index contributed by atoms with van der Waals surface area (Å²) in [5.74, 6) is -1.09. The smallest absolute Gasteiger partial charge is 0.330 e. The molecule has 1 aromatic carbocycles. The van der Waals surface area contributed by atoms with Gasteiger partial charge < -0.3 is 14.6 Å². The highest BCUT2D eigenvalue weighted by molar-refractivity contribution is 7.85. The summed E-state index contributed by atoms with van der Waals surface area (Å²) < 4.78 is 32.5. The normalized spacial score (nSPS) is 12.9. The Labute approximate surface area is 183 Å². The Morgan fingerprint density at radius 3 is 2.61 bits per heavy atom. The number of nitrogens with one attached hydrogen (secondary N) is 1. The number of aromatic nitrogens is 1. The molecular weight excluding hydrogens is 420 g/mol. The lowest BCUT2D eigenvalue weighted by molar-refractivity contribution is -0.137. The van der Waals surface area contributed by atoms with E-state index >= 15 is 0 Å². The van der Waals surface area contributed by atoms with Crippen LogP contribution in [-0.2, 0) is 35.0 Å². The van der Waals surface area contributed by atoms with Gasteiger partial charge in [0.05, 0.1) is 19.5 Å². The largest absolute Gasteiger partial charge is 0.463 e. The zero-order valence-electron chi connectivity index (χ0n) is 18.2. The molecule has 0 saturated carbocycles. The van der Waals surface area contributed by atoms with Crippen LogP contribution in [0.3, 0.4) is 0 Å². The summed E-state index contributed by atoms with van der Waals surface area (Å²) >= 11 is 0. The molecule has 0 radical (unpaired) electrons. The van der Waals surface area contributed by atoms with E-state index in [1.165, 1.54) is 6.08 Å². The highest BCUT2D eigenvalue weighted by Gasteiger charge is 2.19. The first-order valence-corrected chi connectivity index (χ1v) is 12.1. The Kier molecular flexibility index (Phi) is 9.26. The van der Waals surface area contributed by atoms with Crippen molar-refractivity contribution in [1.82, 2.24) is 9.88 Å². The molecule has 0 fully saturated rings. The maximum absolute atomic E-state index is 12.8. The van der Waals surface area contributed by atoms with Crippen molar-refractivity contribution in [1.29, 1.82) is 0 Å². The first kappa shape index (κ1) is 24.6. The predicted molar refractivity (Wildman–Crippen MR) is 119 cm³/mol. The van der Waals surface area contributed by atoms with Crippen molar-refractivity contribution in [2.45, 2.75) is 26.7 Å². The molecule has 1 heterocycles. The van der Waals surface area contributed by atoms with Crippen LogP contribution in [0.5, 0.6) is 0 Å². The molecule has 1 aromatic heterocycles. The van der Waals surface area contributed by atoms with Crippen LogP contribution in [0.1, 0.15) is 25.8 Å². The van der Waals surface area contributed by atoms with Gasteiger partial charge in [-0.25, -0.2) is 4.79 Å². The van der Waals surface area contributed by atoms with Crippen LogP contribution in [-0.4, -0.2) is 62.7 Å². The minimum Gasteiger partial charge on any atom is -0.463 e. The van der Waals surface area contributed by atoms with Crippen molar-refractivity contribution in [3.05, 3.63) is 48.2 Å². The third-order valence-electron chi connectivity index (χ3n) is 4.86. The molecule has 2 rings (SSSR count). The van der Waals surface area contributed by atoms with Gasteiger partial charge in [0.25, 0.3) is 10.1 Å². The van der Waals surface area contributed by atoms with Gasteiger partial charge in [0.15, 0.2) is 0 Å². The highest BCUT2D eigenvalue weighted by Crippen LogP contribution is 2.19. The fraction of sp³-hybridized carbons (Fsp3) is 0.455. The second-order valence-electron chi connectivity index (χ2n) is 7.24. The number of hydrogen-bond donors (Lipinski definition) is 1. The van der Waals surface area contributed by atoms with E-state index in [1.54, 1.807) is 11.8 Å². The van der Waals surface area contributed by atoms with Crippen molar-refractivity contribution >= 4 is 32.9 Å². The molecule has 1 atom stereocenters. The van der Waals surface area contributed by atoms with Crippen molar-refractivity contribution < 1.29 is 26.9 Å². The van der Waals surface area contributed by atoms with Gasteiger partial charge in [-0.05, 0) is 31.4 Å².